The van der Waals surface area contributed by atoms with Gasteiger partial charge in [-0.2, -0.15) is 14.6 Å². The van der Waals surface area contributed by atoms with Gasteiger partial charge in [-0.25, -0.2) is 4.98 Å². The monoisotopic (exact) mass is 419 g/mol. The summed E-state index contributed by atoms with van der Waals surface area (Å²) < 4.78 is 1.45. The van der Waals surface area contributed by atoms with E-state index in [1.807, 2.05) is 19.1 Å². The Labute approximate surface area is 179 Å². The first-order valence-corrected chi connectivity index (χ1v) is 10.3. The summed E-state index contributed by atoms with van der Waals surface area (Å²) in [6.45, 7) is 4.13. The lowest BCUT2D eigenvalue weighted by Crippen LogP contribution is -2.28. The lowest BCUT2D eigenvalue weighted by Gasteiger charge is -2.15. The fourth-order valence-electron chi connectivity index (χ4n) is 3.36. The number of halogens is 1. The van der Waals surface area contributed by atoms with Gasteiger partial charge in [-0.05, 0) is 42.7 Å². The van der Waals surface area contributed by atoms with Gasteiger partial charge in [0.2, 0.25) is 0 Å². The zero-order valence-electron chi connectivity index (χ0n) is 16.8. The maximum Gasteiger partial charge on any atom is 0.270 e. The summed E-state index contributed by atoms with van der Waals surface area (Å²) >= 11 is 5.99. The molecule has 0 saturated carbocycles. The molecule has 30 heavy (non-hydrogen) atoms. The molecule has 0 fully saturated rings. The molecule has 0 radical (unpaired) electrons. The molecule has 0 aliphatic rings. The Kier molecular flexibility index (Phi) is 5.77. The lowest BCUT2D eigenvalue weighted by atomic mass is 10.0. The topological polar surface area (TPSA) is 72.2 Å². The fourth-order valence-corrected chi connectivity index (χ4v) is 3.48. The maximum absolute atomic E-state index is 13.1. The van der Waals surface area contributed by atoms with E-state index in [0.29, 0.717) is 22.2 Å². The number of aromatic nitrogens is 4. The summed E-state index contributed by atoms with van der Waals surface area (Å²) in [7, 11) is 0. The first-order valence-electron chi connectivity index (χ1n) is 9.91. The van der Waals surface area contributed by atoms with Gasteiger partial charge in [0.25, 0.3) is 11.7 Å². The number of hydrogen-bond acceptors (Lipinski definition) is 4. The Balaban J connectivity index is 1.62. The van der Waals surface area contributed by atoms with Crippen LogP contribution < -0.4 is 5.32 Å². The second kappa shape index (κ2) is 8.63. The van der Waals surface area contributed by atoms with E-state index in [1.165, 1.54) is 16.4 Å². The number of carbonyl (C=O) groups excluding carboxylic acids is 1. The van der Waals surface area contributed by atoms with E-state index >= 15 is 0 Å². The van der Waals surface area contributed by atoms with Gasteiger partial charge in [-0.3, -0.25) is 4.79 Å². The second-order valence-electron chi connectivity index (χ2n) is 7.19. The number of aryl methyl sites for hydroxylation is 1. The highest BCUT2D eigenvalue weighted by Gasteiger charge is 2.18. The maximum atomic E-state index is 13.1. The average Bonchev–Trinajstić information content (AvgIpc) is 3.23. The quantitative estimate of drug-likeness (QED) is 0.483. The summed E-state index contributed by atoms with van der Waals surface area (Å²) in [5.41, 5.74) is 4.19. The molecule has 1 N–H and O–H groups in total. The van der Waals surface area contributed by atoms with Crippen molar-refractivity contribution in [2.24, 2.45) is 0 Å². The van der Waals surface area contributed by atoms with E-state index in [2.05, 4.69) is 51.6 Å². The Bertz CT molecular complexity index is 1170. The van der Waals surface area contributed by atoms with Crippen LogP contribution in [0.15, 0.2) is 60.9 Å². The van der Waals surface area contributed by atoms with Gasteiger partial charge >= 0.3 is 0 Å². The summed E-state index contributed by atoms with van der Waals surface area (Å²) in [5.74, 6) is 0.123. The van der Waals surface area contributed by atoms with E-state index in [4.69, 9.17) is 11.6 Å². The predicted molar refractivity (Wildman–Crippen MR) is 118 cm³/mol. The smallest absolute Gasteiger partial charge is 0.270 e. The van der Waals surface area contributed by atoms with Crippen molar-refractivity contribution < 1.29 is 4.79 Å². The van der Waals surface area contributed by atoms with E-state index in [9.17, 15) is 4.79 Å². The summed E-state index contributed by atoms with van der Waals surface area (Å²) in [5, 5.41) is 7.86. The third-order valence-electron chi connectivity index (χ3n) is 4.99. The van der Waals surface area contributed by atoms with Crippen LogP contribution in [-0.4, -0.2) is 25.5 Å². The highest BCUT2D eigenvalue weighted by molar-refractivity contribution is 6.30. The Morgan fingerprint density at radius 2 is 1.87 bits per heavy atom. The Morgan fingerprint density at radius 1 is 1.13 bits per heavy atom. The van der Waals surface area contributed by atoms with Crippen molar-refractivity contribution in [3.63, 3.8) is 0 Å². The molecule has 0 bridgehead atoms. The van der Waals surface area contributed by atoms with Crippen LogP contribution in [0.5, 0.6) is 0 Å². The molecule has 2 heterocycles. The van der Waals surface area contributed by atoms with Crippen LogP contribution in [0.25, 0.3) is 17.0 Å². The summed E-state index contributed by atoms with van der Waals surface area (Å²) in [6, 6.07) is 17.2. The molecule has 4 rings (SSSR count). The van der Waals surface area contributed by atoms with Crippen molar-refractivity contribution in [2.45, 2.75) is 32.7 Å². The molecule has 2 aromatic heterocycles. The van der Waals surface area contributed by atoms with Crippen molar-refractivity contribution >= 4 is 23.3 Å². The van der Waals surface area contributed by atoms with Crippen molar-refractivity contribution in [1.82, 2.24) is 24.9 Å². The van der Waals surface area contributed by atoms with E-state index in [-0.39, 0.29) is 11.9 Å². The molecular weight excluding hydrogens is 398 g/mol. The molecule has 6 nitrogen and oxygen atoms in total. The number of fused-ring (bicyclic) bond motifs is 1. The number of nitrogens with one attached hydrogen (secondary N) is 1. The highest BCUT2D eigenvalue weighted by Crippen LogP contribution is 2.22. The van der Waals surface area contributed by atoms with Crippen LogP contribution in [0.4, 0.5) is 0 Å². The first kappa shape index (κ1) is 20.0. The summed E-state index contributed by atoms with van der Waals surface area (Å²) in [4.78, 5) is 21.8. The van der Waals surface area contributed by atoms with Crippen LogP contribution >= 0.6 is 11.6 Å². The minimum absolute atomic E-state index is 0.154. The van der Waals surface area contributed by atoms with Crippen molar-refractivity contribution in [3.8, 4) is 11.3 Å². The number of rotatable bonds is 6. The van der Waals surface area contributed by atoms with Crippen LogP contribution in [0.3, 0.4) is 0 Å². The van der Waals surface area contributed by atoms with E-state index in [1.54, 1.807) is 18.2 Å². The normalized spacial score (nSPS) is 12.1. The van der Waals surface area contributed by atoms with Gasteiger partial charge in [-0.1, -0.05) is 61.3 Å². The number of nitrogens with zero attached hydrogens (tertiary/aromatic N) is 4. The minimum atomic E-state index is -0.242. The average molecular weight is 420 g/mol. The standard InChI is InChI=1S/C23H22ClN5O/c1-3-4-16-5-7-17(8-6-16)15(2)27-22(30)21-13-20(18-9-11-19(24)12-10-18)28-23-25-14-26-29(21)23/h5-15H,3-4H2,1-2H3,(H,27,30)/t15-/m1/s1. The van der Waals surface area contributed by atoms with Gasteiger partial charge in [0.15, 0.2) is 0 Å². The molecule has 7 heteroatoms. The molecule has 0 spiro atoms. The van der Waals surface area contributed by atoms with Crippen LogP contribution in [0.1, 0.15) is 47.9 Å². The fraction of sp³-hybridized carbons (Fsp3) is 0.217. The molecule has 2 aromatic carbocycles. The molecule has 152 valence electrons. The largest absolute Gasteiger partial charge is 0.344 e. The zero-order chi connectivity index (χ0) is 21.1. The SMILES string of the molecule is CCCc1ccc([C@@H](C)NC(=O)c2cc(-c3ccc(Cl)cc3)nc3ncnn23)cc1. The predicted octanol–water partition coefficient (Wildman–Crippen LogP) is 4.89. The molecule has 1 atom stereocenters. The van der Waals surface area contributed by atoms with Crippen molar-refractivity contribution in [2.75, 3.05) is 0 Å². The van der Waals surface area contributed by atoms with Crippen molar-refractivity contribution in [1.29, 1.82) is 0 Å². The number of amides is 1. The molecule has 1 amide bonds. The molecule has 0 aliphatic heterocycles. The number of hydrogen-bond donors (Lipinski definition) is 1. The molecular formula is C23H22ClN5O. The van der Waals surface area contributed by atoms with Crippen LogP contribution in [-0.2, 0) is 6.42 Å². The molecule has 4 aromatic rings. The van der Waals surface area contributed by atoms with Crippen LogP contribution in [0.2, 0.25) is 5.02 Å². The lowest BCUT2D eigenvalue weighted by molar-refractivity contribution is 0.0932. The third-order valence-corrected chi connectivity index (χ3v) is 5.24. The van der Waals surface area contributed by atoms with Crippen molar-refractivity contribution in [3.05, 3.63) is 82.8 Å². The minimum Gasteiger partial charge on any atom is -0.344 e. The van der Waals surface area contributed by atoms with Gasteiger partial charge in [-0.15, -0.1) is 0 Å². The van der Waals surface area contributed by atoms with Gasteiger partial charge in [0.1, 0.15) is 12.0 Å². The summed E-state index contributed by atoms with van der Waals surface area (Å²) in [6.07, 6.45) is 3.55. The molecule has 0 aliphatic carbocycles. The number of carbonyl (C=O) groups is 1. The second-order valence-corrected chi connectivity index (χ2v) is 7.63. The first-order chi connectivity index (χ1) is 14.5. The Hall–Kier alpha value is -3.25. The van der Waals surface area contributed by atoms with Gasteiger partial charge in [0, 0.05) is 10.6 Å². The van der Waals surface area contributed by atoms with Gasteiger partial charge in [0.05, 0.1) is 11.7 Å². The Morgan fingerprint density at radius 3 is 2.57 bits per heavy atom. The van der Waals surface area contributed by atoms with Gasteiger partial charge < -0.3 is 5.32 Å². The number of benzene rings is 2. The zero-order valence-corrected chi connectivity index (χ0v) is 17.6. The molecule has 0 saturated heterocycles. The van der Waals surface area contributed by atoms with E-state index < -0.39 is 0 Å². The van der Waals surface area contributed by atoms with Crippen LogP contribution in [0, 0.1) is 0 Å². The highest BCUT2D eigenvalue weighted by atomic mass is 35.5. The van der Waals surface area contributed by atoms with E-state index in [0.717, 1.165) is 24.0 Å². The third kappa shape index (κ3) is 4.19. The molecule has 0 unspecified atom stereocenters.